The van der Waals surface area contributed by atoms with Gasteiger partial charge in [-0.2, -0.15) is 5.10 Å². The van der Waals surface area contributed by atoms with Crippen molar-refractivity contribution < 1.29 is 0 Å². The fourth-order valence-electron chi connectivity index (χ4n) is 4.44. The van der Waals surface area contributed by atoms with Crippen molar-refractivity contribution in [3.8, 4) is 0 Å². The standard InChI is InChI=1S/C20H25N5S/c1-13-22-18(12-25-8-7-15-10-21-24-17(15)11-25)16-9-19(26-20(16)23-13)14-5-3-2-4-6-14/h9-10,14H,2-8,11-12H2,1H3,(H,21,24). The zero-order chi connectivity index (χ0) is 17.5. The van der Waals surface area contributed by atoms with Crippen molar-refractivity contribution in [1.29, 1.82) is 0 Å². The highest BCUT2D eigenvalue weighted by Gasteiger charge is 2.22. The van der Waals surface area contributed by atoms with E-state index >= 15 is 0 Å². The summed E-state index contributed by atoms with van der Waals surface area (Å²) in [5.41, 5.74) is 3.81. The maximum Gasteiger partial charge on any atom is 0.127 e. The van der Waals surface area contributed by atoms with Gasteiger partial charge in [-0.15, -0.1) is 11.3 Å². The quantitative estimate of drug-likeness (QED) is 0.749. The SMILES string of the molecule is Cc1nc(CN2CCc3cn[nH]c3C2)c2cc(C3CCCCC3)sc2n1. The summed E-state index contributed by atoms with van der Waals surface area (Å²) < 4.78 is 0. The summed E-state index contributed by atoms with van der Waals surface area (Å²) >= 11 is 1.90. The maximum atomic E-state index is 4.83. The highest BCUT2D eigenvalue weighted by atomic mass is 32.1. The van der Waals surface area contributed by atoms with Crippen molar-refractivity contribution in [2.75, 3.05) is 6.54 Å². The molecule has 1 saturated carbocycles. The summed E-state index contributed by atoms with van der Waals surface area (Å²) in [6, 6.07) is 2.40. The molecule has 0 saturated heterocycles. The van der Waals surface area contributed by atoms with Gasteiger partial charge in [0, 0.05) is 29.9 Å². The second-order valence-corrected chi connectivity index (χ2v) is 8.82. The fourth-order valence-corrected chi connectivity index (χ4v) is 5.71. The Hall–Kier alpha value is -1.79. The number of aromatic amines is 1. The van der Waals surface area contributed by atoms with E-state index in [9.17, 15) is 0 Å². The molecule has 3 aromatic heterocycles. The van der Waals surface area contributed by atoms with Crippen LogP contribution in [0.4, 0.5) is 0 Å². The fraction of sp³-hybridized carbons (Fsp3) is 0.550. The van der Waals surface area contributed by atoms with Crippen LogP contribution in [0.25, 0.3) is 10.2 Å². The first kappa shape index (κ1) is 16.4. The normalized spacial score (nSPS) is 19.1. The molecule has 5 nitrogen and oxygen atoms in total. The van der Waals surface area contributed by atoms with Crippen molar-refractivity contribution >= 4 is 21.6 Å². The summed E-state index contributed by atoms with van der Waals surface area (Å²) in [7, 11) is 0. The second-order valence-electron chi connectivity index (χ2n) is 7.75. The molecule has 0 amide bonds. The van der Waals surface area contributed by atoms with E-state index in [0.717, 1.165) is 37.8 Å². The molecule has 1 N–H and O–H groups in total. The number of aromatic nitrogens is 4. The summed E-state index contributed by atoms with van der Waals surface area (Å²) in [6.07, 6.45) is 9.85. The predicted molar refractivity (Wildman–Crippen MR) is 104 cm³/mol. The molecular weight excluding hydrogens is 342 g/mol. The Labute approximate surface area is 157 Å². The second kappa shape index (κ2) is 6.74. The molecular formula is C20H25N5S. The van der Waals surface area contributed by atoms with Gasteiger partial charge in [0.25, 0.3) is 0 Å². The molecule has 0 spiro atoms. The molecule has 0 aromatic carbocycles. The van der Waals surface area contributed by atoms with Crippen LogP contribution in [-0.2, 0) is 19.5 Å². The van der Waals surface area contributed by atoms with Crippen molar-refractivity contribution in [1.82, 2.24) is 25.1 Å². The lowest BCUT2D eigenvalue weighted by Crippen LogP contribution is -2.30. The molecule has 26 heavy (non-hydrogen) atoms. The van der Waals surface area contributed by atoms with Gasteiger partial charge in [-0.1, -0.05) is 19.3 Å². The Morgan fingerprint density at radius 1 is 1.23 bits per heavy atom. The largest absolute Gasteiger partial charge is 0.291 e. The number of nitrogens with one attached hydrogen (secondary N) is 1. The van der Waals surface area contributed by atoms with Crippen molar-refractivity contribution in [3.63, 3.8) is 0 Å². The Bertz CT molecular complexity index is 922. The Balaban J connectivity index is 1.44. The molecule has 0 radical (unpaired) electrons. The average Bonchev–Trinajstić information content (AvgIpc) is 3.28. The van der Waals surface area contributed by atoms with Crippen molar-refractivity contribution in [2.24, 2.45) is 0 Å². The molecule has 6 heteroatoms. The van der Waals surface area contributed by atoms with Gasteiger partial charge in [0.15, 0.2) is 0 Å². The van der Waals surface area contributed by atoms with E-state index in [2.05, 4.69) is 21.2 Å². The van der Waals surface area contributed by atoms with Crippen molar-refractivity contribution in [2.45, 2.75) is 64.5 Å². The van der Waals surface area contributed by atoms with Crippen LogP contribution >= 0.6 is 11.3 Å². The van der Waals surface area contributed by atoms with Crippen LogP contribution < -0.4 is 0 Å². The average molecular weight is 368 g/mol. The predicted octanol–water partition coefficient (Wildman–Crippen LogP) is 4.33. The monoisotopic (exact) mass is 367 g/mol. The minimum Gasteiger partial charge on any atom is -0.291 e. The molecule has 0 unspecified atom stereocenters. The lowest BCUT2D eigenvalue weighted by molar-refractivity contribution is 0.240. The Morgan fingerprint density at radius 3 is 3.00 bits per heavy atom. The van der Waals surface area contributed by atoms with E-state index in [-0.39, 0.29) is 0 Å². The van der Waals surface area contributed by atoms with Crippen LogP contribution in [0.5, 0.6) is 0 Å². The zero-order valence-electron chi connectivity index (χ0n) is 15.3. The number of rotatable bonds is 3. The number of thiophene rings is 1. The van der Waals surface area contributed by atoms with Gasteiger partial charge >= 0.3 is 0 Å². The van der Waals surface area contributed by atoms with Crippen LogP contribution in [0.3, 0.4) is 0 Å². The molecule has 1 fully saturated rings. The number of H-pyrrole nitrogens is 1. The third-order valence-corrected chi connectivity index (χ3v) is 7.06. The minimum atomic E-state index is 0.735. The minimum absolute atomic E-state index is 0.735. The zero-order valence-corrected chi connectivity index (χ0v) is 16.1. The number of hydrogen-bond acceptors (Lipinski definition) is 5. The molecule has 1 aliphatic heterocycles. The first-order chi connectivity index (χ1) is 12.8. The number of fused-ring (bicyclic) bond motifs is 2. The van der Waals surface area contributed by atoms with E-state index in [1.165, 1.54) is 64.1 Å². The maximum absolute atomic E-state index is 4.83. The van der Waals surface area contributed by atoms with Gasteiger partial charge in [-0.3, -0.25) is 10.00 Å². The van der Waals surface area contributed by atoms with Gasteiger partial charge < -0.3 is 0 Å². The van der Waals surface area contributed by atoms with Crippen LogP contribution in [0.2, 0.25) is 0 Å². The molecule has 1 aliphatic carbocycles. The molecule has 136 valence electrons. The first-order valence-electron chi connectivity index (χ1n) is 9.77. The van der Waals surface area contributed by atoms with E-state index < -0.39 is 0 Å². The summed E-state index contributed by atoms with van der Waals surface area (Å²) in [6.45, 7) is 4.90. The van der Waals surface area contributed by atoms with Crippen LogP contribution in [0.1, 0.15) is 65.7 Å². The number of nitrogens with zero attached hydrogens (tertiary/aromatic N) is 4. The summed E-state index contributed by atoms with van der Waals surface area (Å²) in [5.74, 6) is 1.63. The van der Waals surface area contributed by atoms with Crippen molar-refractivity contribution in [3.05, 3.63) is 39.9 Å². The van der Waals surface area contributed by atoms with Gasteiger partial charge in [0.05, 0.1) is 17.6 Å². The highest BCUT2D eigenvalue weighted by molar-refractivity contribution is 7.18. The first-order valence-corrected chi connectivity index (χ1v) is 10.6. The van der Waals surface area contributed by atoms with E-state index in [1.54, 1.807) is 0 Å². The van der Waals surface area contributed by atoms with Gasteiger partial charge in [-0.25, -0.2) is 9.97 Å². The Morgan fingerprint density at radius 2 is 2.12 bits per heavy atom. The highest BCUT2D eigenvalue weighted by Crippen LogP contribution is 2.39. The van der Waals surface area contributed by atoms with E-state index in [4.69, 9.17) is 9.97 Å². The Kier molecular flexibility index (Phi) is 4.25. The third kappa shape index (κ3) is 3.05. The lowest BCUT2D eigenvalue weighted by atomic mass is 9.88. The molecule has 0 bridgehead atoms. The van der Waals surface area contributed by atoms with Crippen LogP contribution in [-0.4, -0.2) is 31.6 Å². The summed E-state index contributed by atoms with van der Waals surface area (Å²) in [5, 5.41) is 8.61. The molecule has 3 aromatic rings. The topological polar surface area (TPSA) is 57.7 Å². The van der Waals surface area contributed by atoms with Crippen LogP contribution in [0.15, 0.2) is 12.3 Å². The van der Waals surface area contributed by atoms with Gasteiger partial charge in [-0.05, 0) is 43.7 Å². The molecule has 4 heterocycles. The number of hydrogen-bond donors (Lipinski definition) is 1. The number of aryl methyl sites for hydroxylation is 1. The van der Waals surface area contributed by atoms with Gasteiger partial charge in [0.1, 0.15) is 10.7 Å². The van der Waals surface area contributed by atoms with Crippen LogP contribution in [0, 0.1) is 6.92 Å². The smallest absolute Gasteiger partial charge is 0.127 e. The molecule has 2 aliphatic rings. The molecule has 5 rings (SSSR count). The van der Waals surface area contributed by atoms with E-state index in [1.807, 2.05) is 24.5 Å². The third-order valence-electron chi connectivity index (χ3n) is 5.87. The lowest BCUT2D eigenvalue weighted by Gasteiger charge is -2.26. The van der Waals surface area contributed by atoms with E-state index in [0.29, 0.717) is 0 Å². The van der Waals surface area contributed by atoms with Gasteiger partial charge in [0.2, 0.25) is 0 Å². The summed E-state index contributed by atoms with van der Waals surface area (Å²) in [4.78, 5) is 14.7. The molecule has 0 atom stereocenters.